The van der Waals surface area contributed by atoms with Crippen molar-refractivity contribution in [1.29, 1.82) is 0 Å². The van der Waals surface area contributed by atoms with E-state index in [2.05, 4.69) is 15.5 Å². The van der Waals surface area contributed by atoms with E-state index in [0.717, 1.165) is 6.42 Å². The van der Waals surface area contributed by atoms with E-state index in [1.54, 1.807) is 12.1 Å². The van der Waals surface area contributed by atoms with Gasteiger partial charge in [0.05, 0.1) is 21.3 Å². The molecule has 0 saturated heterocycles. The van der Waals surface area contributed by atoms with Gasteiger partial charge >= 0.3 is 0 Å². The van der Waals surface area contributed by atoms with E-state index >= 15 is 0 Å². The number of carbonyl (C=O) groups is 1. The maximum absolute atomic E-state index is 12.0. The lowest BCUT2D eigenvalue weighted by atomic mass is 9.99. The van der Waals surface area contributed by atoms with E-state index in [-0.39, 0.29) is 24.1 Å². The van der Waals surface area contributed by atoms with Gasteiger partial charge in [-0.05, 0) is 18.1 Å². The number of aromatic nitrogens is 2. The van der Waals surface area contributed by atoms with Crippen LogP contribution < -0.4 is 19.5 Å². The smallest absolute Gasteiger partial charge is 0.249 e. The fourth-order valence-corrected chi connectivity index (χ4v) is 2.88. The number of amides is 1. The highest BCUT2D eigenvalue weighted by Crippen LogP contribution is 2.40. The van der Waals surface area contributed by atoms with Crippen LogP contribution in [0.1, 0.15) is 38.6 Å². The number of nitrogens with zero attached hydrogens (tertiary/aromatic N) is 2. The molecule has 0 bridgehead atoms. The van der Waals surface area contributed by atoms with Gasteiger partial charge in [-0.3, -0.25) is 4.79 Å². The van der Waals surface area contributed by atoms with Crippen molar-refractivity contribution in [3.05, 3.63) is 18.0 Å². The summed E-state index contributed by atoms with van der Waals surface area (Å²) in [7, 11) is 4.61. The lowest BCUT2D eigenvalue weighted by molar-refractivity contribution is -0.122. The molecule has 1 aromatic carbocycles. The zero-order valence-electron chi connectivity index (χ0n) is 16.7. The Labute approximate surface area is 169 Å². The van der Waals surface area contributed by atoms with Gasteiger partial charge in [0, 0.05) is 17.9 Å². The third-order valence-corrected chi connectivity index (χ3v) is 4.67. The lowest BCUT2D eigenvalue weighted by Crippen LogP contribution is -2.32. The number of halogens is 1. The number of methoxy groups -OCH3 is 3. The Hall–Kier alpha value is -2.48. The summed E-state index contributed by atoms with van der Waals surface area (Å²) >= 11 is 5.66. The van der Waals surface area contributed by atoms with E-state index in [9.17, 15) is 4.79 Å². The van der Waals surface area contributed by atoms with E-state index in [1.165, 1.54) is 21.3 Å². The van der Waals surface area contributed by atoms with Crippen LogP contribution in [-0.2, 0) is 4.79 Å². The van der Waals surface area contributed by atoms with Gasteiger partial charge in [-0.15, -0.1) is 11.6 Å². The Kier molecular flexibility index (Phi) is 7.92. The summed E-state index contributed by atoms with van der Waals surface area (Å²) in [5.74, 6) is 2.33. The highest BCUT2D eigenvalue weighted by atomic mass is 35.5. The van der Waals surface area contributed by atoms with Crippen molar-refractivity contribution < 1.29 is 23.5 Å². The van der Waals surface area contributed by atoms with Crippen LogP contribution in [0.25, 0.3) is 11.4 Å². The number of carbonyl (C=O) groups excluding carboxylic acids is 1. The van der Waals surface area contributed by atoms with Crippen molar-refractivity contribution in [2.75, 3.05) is 27.2 Å². The Balaban J connectivity index is 2.39. The maximum atomic E-state index is 12.0. The monoisotopic (exact) mass is 411 g/mol. The molecule has 0 spiro atoms. The summed E-state index contributed by atoms with van der Waals surface area (Å²) in [6.07, 6.45) is 1.05. The fraction of sp³-hybridized carbons (Fsp3) is 0.526. The van der Waals surface area contributed by atoms with Crippen molar-refractivity contribution in [1.82, 2.24) is 15.5 Å². The number of hydrogen-bond acceptors (Lipinski definition) is 7. The van der Waals surface area contributed by atoms with Crippen LogP contribution in [0.3, 0.4) is 0 Å². The zero-order chi connectivity index (χ0) is 20.7. The first kappa shape index (κ1) is 21.8. The van der Waals surface area contributed by atoms with E-state index in [1.807, 2.05) is 13.8 Å². The molecule has 154 valence electrons. The van der Waals surface area contributed by atoms with Crippen molar-refractivity contribution >= 4 is 17.5 Å². The fourth-order valence-electron chi connectivity index (χ4n) is 2.70. The summed E-state index contributed by atoms with van der Waals surface area (Å²) in [5.41, 5.74) is 0.638. The number of alkyl halides is 1. The molecule has 9 heteroatoms. The minimum Gasteiger partial charge on any atom is -0.493 e. The van der Waals surface area contributed by atoms with Gasteiger partial charge in [-0.25, -0.2) is 0 Å². The first-order valence-corrected chi connectivity index (χ1v) is 9.51. The second-order valence-electron chi connectivity index (χ2n) is 6.24. The third-order valence-electron chi connectivity index (χ3n) is 4.48. The summed E-state index contributed by atoms with van der Waals surface area (Å²) in [6, 6.07) is 3.07. The number of benzene rings is 1. The maximum Gasteiger partial charge on any atom is 0.249 e. The average Bonchev–Trinajstić information content (AvgIpc) is 3.20. The minimum atomic E-state index is -0.399. The molecule has 0 aliphatic heterocycles. The summed E-state index contributed by atoms with van der Waals surface area (Å²) in [4.78, 5) is 16.5. The second-order valence-corrected chi connectivity index (χ2v) is 6.62. The number of nitrogens with one attached hydrogen (secondary N) is 1. The predicted octanol–water partition coefficient (Wildman–Crippen LogP) is 3.59. The van der Waals surface area contributed by atoms with Crippen LogP contribution in [0.15, 0.2) is 16.7 Å². The van der Waals surface area contributed by atoms with E-state index in [0.29, 0.717) is 34.5 Å². The molecule has 0 fully saturated rings. The normalized spacial score (nSPS) is 12.9. The van der Waals surface area contributed by atoms with Gasteiger partial charge < -0.3 is 24.1 Å². The zero-order valence-corrected chi connectivity index (χ0v) is 17.5. The van der Waals surface area contributed by atoms with Crippen molar-refractivity contribution in [3.8, 4) is 28.6 Å². The van der Waals surface area contributed by atoms with E-state index < -0.39 is 6.04 Å². The molecule has 0 aliphatic carbocycles. The van der Waals surface area contributed by atoms with Gasteiger partial charge in [-0.2, -0.15) is 4.98 Å². The standard InChI is InChI=1S/C19H26ClN3O5/c1-6-11(2)16(21-15(24)7-8-20)19-22-18(23-28-19)12-9-13(25-3)17(27-5)14(10-12)26-4/h9-11,16H,6-8H2,1-5H3,(H,21,24). The molecule has 2 unspecified atom stereocenters. The molecule has 2 atom stereocenters. The average molecular weight is 412 g/mol. The predicted molar refractivity (Wildman–Crippen MR) is 105 cm³/mol. The van der Waals surface area contributed by atoms with Gasteiger partial charge in [-0.1, -0.05) is 25.4 Å². The molecule has 1 heterocycles. The first-order valence-electron chi connectivity index (χ1n) is 8.98. The topological polar surface area (TPSA) is 95.7 Å². The number of hydrogen-bond donors (Lipinski definition) is 1. The molecule has 0 radical (unpaired) electrons. The molecular formula is C19H26ClN3O5. The summed E-state index contributed by atoms with van der Waals surface area (Å²) in [6.45, 7) is 4.04. The van der Waals surface area contributed by atoms with Gasteiger partial charge in [0.2, 0.25) is 23.4 Å². The Morgan fingerprint density at radius 3 is 2.36 bits per heavy atom. The molecular weight excluding hydrogens is 386 g/mol. The molecule has 2 rings (SSSR count). The van der Waals surface area contributed by atoms with Crippen LogP contribution in [0.2, 0.25) is 0 Å². The van der Waals surface area contributed by atoms with Gasteiger partial charge in [0.15, 0.2) is 11.5 Å². The Morgan fingerprint density at radius 1 is 1.21 bits per heavy atom. The van der Waals surface area contributed by atoms with Crippen molar-refractivity contribution in [2.24, 2.45) is 5.92 Å². The van der Waals surface area contributed by atoms with Gasteiger partial charge in [0.1, 0.15) is 6.04 Å². The Bertz CT molecular complexity index is 771. The lowest BCUT2D eigenvalue weighted by Gasteiger charge is -2.20. The number of ether oxygens (including phenoxy) is 3. The van der Waals surface area contributed by atoms with Crippen LogP contribution in [0, 0.1) is 5.92 Å². The quantitative estimate of drug-likeness (QED) is 0.596. The molecule has 28 heavy (non-hydrogen) atoms. The highest BCUT2D eigenvalue weighted by Gasteiger charge is 2.27. The van der Waals surface area contributed by atoms with E-state index in [4.69, 9.17) is 30.3 Å². The Morgan fingerprint density at radius 2 is 1.86 bits per heavy atom. The third kappa shape index (κ3) is 4.86. The molecule has 1 aromatic heterocycles. The van der Waals surface area contributed by atoms with Crippen LogP contribution in [0.4, 0.5) is 0 Å². The van der Waals surface area contributed by atoms with Crippen LogP contribution >= 0.6 is 11.6 Å². The van der Waals surface area contributed by atoms with Crippen LogP contribution in [0.5, 0.6) is 17.2 Å². The molecule has 0 aliphatic rings. The molecule has 2 aromatic rings. The summed E-state index contributed by atoms with van der Waals surface area (Å²) in [5, 5.41) is 6.99. The summed E-state index contributed by atoms with van der Waals surface area (Å²) < 4.78 is 21.5. The van der Waals surface area contributed by atoms with Crippen molar-refractivity contribution in [3.63, 3.8) is 0 Å². The molecule has 1 amide bonds. The van der Waals surface area contributed by atoms with Crippen molar-refractivity contribution in [2.45, 2.75) is 32.7 Å². The molecule has 0 saturated carbocycles. The largest absolute Gasteiger partial charge is 0.493 e. The molecule has 1 N–H and O–H groups in total. The minimum absolute atomic E-state index is 0.104. The van der Waals surface area contributed by atoms with Gasteiger partial charge in [0.25, 0.3) is 0 Å². The first-order chi connectivity index (χ1) is 13.5. The molecule has 8 nitrogen and oxygen atoms in total. The SMILES string of the molecule is CCC(C)C(NC(=O)CCCl)c1nc(-c2cc(OC)c(OC)c(OC)c2)no1. The second kappa shape index (κ2) is 10.2. The number of rotatable bonds is 10. The highest BCUT2D eigenvalue weighted by molar-refractivity contribution is 6.18. The van der Waals surface area contributed by atoms with Crippen LogP contribution in [-0.4, -0.2) is 43.3 Å².